The van der Waals surface area contributed by atoms with Crippen LogP contribution < -0.4 is 5.69 Å². The molecule has 0 aliphatic heterocycles. The smallest absolute Gasteiger partial charge is 0.348 e. The third-order valence-electron chi connectivity index (χ3n) is 3.43. The minimum absolute atomic E-state index is 0.0773. The maximum atomic E-state index is 11.8. The van der Waals surface area contributed by atoms with E-state index in [1.54, 1.807) is 18.4 Å². The van der Waals surface area contributed by atoms with Gasteiger partial charge >= 0.3 is 11.7 Å². The van der Waals surface area contributed by atoms with Crippen molar-refractivity contribution in [3.8, 4) is 0 Å². The number of aryl methyl sites for hydroxylation is 1. The lowest BCUT2D eigenvalue weighted by Crippen LogP contribution is -2.28. The number of aliphatic carboxylic acids is 1. The minimum atomic E-state index is -0.896. The largest absolute Gasteiger partial charge is 0.481 e. The number of carboxylic acids is 1. The van der Waals surface area contributed by atoms with Crippen LogP contribution in [-0.2, 0) is 11.2 Å². The Labute approximate surface area is 99.1 Å². The Morgan fingerprint density at radius 1 is 1.53 bits per heavy atom. The van der Waals surface area contributed by atoms with E-state index in [9.17, 15) is 9.59 Å². The zero-order valence-corrected chi connectivity index (χ0v) is 10.2. The Morgan fingerprint density at radius 2 is 2.12 bits per heavy atom. The summed E-state index contributed by atoms with van der Waals surface area (Å²) in [6, 6.07) is 0.197. The van der Waals surface area contributed by atoms with E-state index in [1.165, 1.54) is 0 Å². The van der Waals surface area contributed by atoms with Crippen LogP contribution in [0, 0.1) is 19.8 Å². The first-order valence-electron chi connectivity index (χ1n) is 5.72. The highest BCUT2D eigenvalue weighted by molar-refractivity contribution is 5.70. The Hall–Kier alpha value is -1.65. The summed E-state index contributed by atoms with van der Waals surface area (Å²) in [5.41, 5.74) is 1.68. The van der Waals surface area contributed by atoms with E-state index >= 15 is 0 Å². The monoisotopic (exact) mass is 236 g/mol. The summed E-state index contributed by atoms with van der Waals surface area (Å²) in [7, 11) is 0. The first-order valence-corrected chi connectivity index (χ1v) is 5.72. The molecule has 17 heavy (non-hydrogen) atoms. The molecule has 0 spiro atoms. The van der Waals surface area contributed by atoms with Crippen molar-refractivity contribution >= 4 is 5.97 Å². The van der Waals surface area contributed by atoms with Gasteiger partial charge in [0.15, 0.2) is 0 Å². The number of rotatable bonds is 3. The van der Waals surface area contributed by atoms with Crippen LogP contribution in [-0.4, -0.2) is 20.6 Å². The molecule has 92 valence electrons. The maximum Gasteiger partial charge on any atom is 0.348 e. The summed E-state index contributed by atoms with van der Waals surface area (Å²) < 4.78 is 1.65. The standard InChI is InChI=1S/C12H16N2O3/c1-6-4-10(6)14-8(3)9(5-11(15)16)7(2)13-12(14)17/h6,10H,4-5H2,1-3H3,(H,15,16). The Morgan fingerprint density at radius 3 is 2.59 bits per heavy atom. The molecule has 1 N–H and O–H groups in total. The van der Waals surface area contributed by atoms with Crippen molar-refractivity contribution in [3.63, 3.8) is 0 Å². The quantitative estimate of drug-likeness (QED) is 0.852. The lowest BCUT2D eigenvalue weighted by atomic mass is 10.1. The fraction of sp³-hybridized carbons (Fsp3) is 0.583. The number of nitrogens with zero attached hydrogens (tertiary/aromatic N) is 2. The molecule has 5 heteroatoms. The predicted molar refractivity (Wildman–Crippen MR) is 62.1 cm³/mol. The Bertz CT molecular complexity index is 533. The van der Waals surface area contributed by atoms with Gasteiger partial charge in [-0.25, -0.2) is 4.79 Å². The summed E-state index contributed by atoms with van der Waals surface area (Å²) >= 11 is 0. The Balaban J connectivity index is 2.53. The molecule has 2 atom stereocenters. The van der Waals surface area contributed by atoms with E-state index in [1.807, 2.05) is 0 Å². The lowest BCUT2D eigenvalue weighted by molar-refractivity contribution is -0.136. The van der Waals surface area contributed by atoms with E-state index in [2.05, 4.69) is 11.9 Å². The van der Waals surface area contributed by atoms with Crippen LogP contribution in [0.5, 0.6) is 0 Å². The highest BCUT2D eigenvalue weighted by Crippen LogP contribution is 2.42. The molecule has 2 rings (SSSR count). The number of aromatic nitrogens is 2. The number of hydrogen-bond acceptors (Lipinski definition) is 3. The van der Waals surface area contributed by atoms with Gasteiger partial charge < -0.3 is 5.11 Å². The third-order valence-corrected chi connectivity index (χ3v) is 3.43. The molecule has 0 radical (unpaired) electrons. The summed E-state index contributed by atoms with van der Waals surface area (Å²) in [5.74, 6) is -0.416. The van der Waals surface area contributed by atoms with Gasteiger partial charge in [0.2, 0.25) is 0 Å². The molecule has 0 saturated heterocycles. The number of hydrogen-bond donors (Lipinski definition) is 1. The normalized spacial score (nSPS) is 22.5. The second-order valence-corrected chi connectivity index (χ2v) is 4.76. The third kappa shape index (κ3) is 2.09. The van der Waals surface area contributed by atoms with Crippen molar-refractivity contribution in [1.29, 1.82) is 0 Å². The molecular weight excluding hydrogens is 220 g/mol. The molecule has 1 heterocycles. The van der Waals surface area contributed by atoms with E-state index in [0.717, 1.165) is 12.1 Å². The maximum absolute atomic E-state index is 11.8. The average Bonchev–Trinajstić information content (AvgIpc) is 2.89. The predicted octanol–water partition coefficient (Wildman–Crippen LogP) is 1.07. The average molecular weight is 236 g/mol. The van der Waals surface area contributed by atoms with E-state index in [4.69, 9.17) is 5.11 Å². The van der Waals surface area contributed by atoms with Crippen LogP contribution in [0.1, 0.15) is 36.3 Å². The van der Waals surface area contributed by atoms with Crippen molar-refractivity contribution in [1.82, 2.24) is 9.55 Å². The van der Waals surface area contributed by atoms with Gasteiger partial charge in [0.25, 0.3) is 0 Å². The molecule has 1 aliphatic rings. The molecule has 0 bridgehead atoms. The molecule has 0 amide bonds. The van der Waals surface area contributed by atoms with Crippen LogP contribution in [0.15, 0.2) is 4.79 Å². The Kier molecular flexibility index (Phi) is 2.77. The fourth-order valence-electron chi connectivity index (χ4n) is 2.28. The summed E-state index contributed by atoms with van der Waals surface area (Å²) in [6.45, 7) is 5.57. The van der Waals surface area contributed by atoms with Crippen molar-refractivity contribution in [2.45, 2.75) is 39.7 Å². The van der Waals surface area contributed by atoms with Crippen LogP contribution in [0.4, 0.5) is 0 Å². The lowest BCUT2D eigenvalue weighted by Gasteiger charge is -2.14. The van der Waals surface area contributed by atoms with Crippen molar-refractivity contribution < 1.29 is 9.90 Å². The summed E-state index contributed by atoms with van der Waals surface area (Å²) in [5, 5.41) is 8.87. The van der Waals surface area contributed by atoms with Gasteiger partial charge in [-0.2, -0.15) is 4.98 Å². The van der Waals surface area contributed by atoms with E-state index < -0.39 is 5.97 Å². The second-order valence-electron chi connectivity index (χ2n) is 4.76. The fourth-order valence-corrected chi connectivity index (χ4v) is 2.28. The number of carboxylic acid groups (broad SMARTS) is 1. The van der Waals surface area contributed by atoms with Gasteiger partial charge in [-0.05, 0) is 26.2 Å². The van der Waals surface area contributed by atoms with Gasteiger partial charge in [0.05, 0.1) is 6.42 Å². The van der Waals surface area contributed by atoms with Gasteiger partial charge in [0.1, 0.15) is 0 Å². The number of carbonyl (C=O) groups is 1. The molecule has 1 aromatic rings. The van der Waals surface area contributed by atoms with Crippen LogP contribution >= 0.6 is 0 Å². The SMILES string of the molecule is Cc1nc(=O)n(C2CC2C)c(C)c1CC(=O)O. The van der Waals surface area contributed by atoms with Crippen molar-refractivity contribution in [3.05, 3.63) is 27.4 Å². The summed E-state index contributed by atoms with van der Waals surface area (Å²) in [6.07, 6.45) is 0.893. The molecule has 0 aromatic carbocycles. The van der Waals surface area contributed by atoms with Gasteiger partial charge in [-0.1, -0.05) is 6.92 Å². The highest BCUT2D eigenvalue weighted by atomic mass is 16.4. The molecule has 1 saturated carbocycles. The first-order chi connectivity index (χ1) is 7.91. The highest BCUT2D eigenvalue weighted by Gasteiger charge is 2.36. The molecule has 2 unspecified atom stereocenters. The van der Waals surface area contributed by atoms with Crippen molar-refractivity contribution in [2.75, 3.05) is 0 Å². The molecule has 1 fully saturated rings. The van der Waals surface area contributed by atoms with Crippen LogP contribution in [0.3, 0.4) is 0 Å². The van der Waals surface area contributed by atoms with E-state index in [-0.39, 0.29) is 18.2 Å². The minimum Gasteiger partial charge on any atom is -0.481 e. The summed E-state index contributed by atoms with van der Waals surface area (Å²) in [4.78, 5) is 26.6. The van der Waals surface area contributed by atoms with Gasteiger partial charge in [0, 0.05) is 23.0 Å². The van der Waals surface area contributed by atoms with Gasteiger partial charge in [-0.15, -0.1) is 0 Å². The molecule has 5 nitrogen and oxygen atoms in total. The molecular formula is C12H16N2O3. The van der Waals surface area contributed by atoms with Crippen molar-refractivity contribution in [2.24, 2.45) is 5.92 Å². The molecule has 1 aliphatic carbocycles. The van der Waals surface area contributed by atoms with Crippen LogP contribution in [0.2, 0.25) is 0 Å². The van der Waals surface area contributed by atoms with Crippen LogP contribution in [0.25, 0.3) is 0 Å². The topological polar surface area (TPSA) is 72.2 Å². The molecule has 1 aromatic heterocycles. The van der Waals surface area contributed by atoms with Gasteiger partial charge in [-0.3, -0.25) is 9.36 Å². The van der Waals surface area contributed by atoms with E-state index in [0.29, 0.717) is 17.2 Å². The zero-order chi connectivity index (χ0) is 12.7. The zero-order valence-electron chi connectivity index (χ0n) is 10.2. The second kappa shape index (κ2) is 3.98. The first kappa shape index (κ1) is 11.8.